The van der Waals surface area contributed by atoms with Gasteiger partial charge in [-0.05, 0) is 11.9 Å². The Hall–Kier alpha value is -1.14. The average Bonchev–Trinajstić information content (AvgIpc) is 1.68. The minimum Gasteiger partial charge on any atom is -0.289 e. The van der Waals surface area contributed by atoms with Crippen molar-refractivity contribution in [2.45, 2.75) is 0 Å². The van der Waals surface area contributed by atoms with E-state index in [4.69, 9.17) is 5.41 Å². The van der Waals surface area contributed by atoms with Gasteiger partial charge in [-0.25, -0.2) is 0 Å². The maximum absolute atomic E-state index is 10.1. The van der Waals surface area contributed by atoms with Crippen molar-refractivity contribution in [1.29, 1.82) is 5.41 Å². The molecule has 0 aliphatic carbocycles. The molecular formula is C5H5NO. The summed E-state index contributed by atoms with van der Waals surface area (Å²) in [5, 5.41) is 6.26. The number of nitrogens with one attached hydrogen (secondary N) is 1. The second-order valence-electron chi connectivity index (χ2n) is 0.895. The van der Waals surface area contributed by atoms with E-state index in [2.05, 4.69) is 6.58 Å². The fourth-order valence-corrected chi connectivity index (χ4v) is 0.130. The Kier molecular flexibility index (Phi) is 2.57. The molecule has 0 unspecified atom stereocenters. The van der Waals surface area contributed by atoms with Crippen LogP contribution in [0.4, 0.5) is 0 Å². The Bertz CT molecular complexity index is 131. The maximum Gasteiger partial charge on any atom is 0.187 e. The van der Waals surface area contributed by atoms with Crippen LogP contribution in [0.25, 0.3) is 0 Å². The smallest absolute Gasteiger partial charge is 0.187 e. The highest BCUT2D eigenvalue weighted by atomic mass is 16.1. The summed E-state index contributed by atoms with van der Waals surface area (Å²) in [7, 11) is 0. The van der Waals surface area contributed by atoms with E-state index in [1.165, 1.54) is 0 Å². The van der Waals surface area contributed by atoms with Gasteiger partial charge in [-0.2, -0.15) is 0 Å². The van der Waals surface area contributed by atoms with Crippen LogP contribution in [0.1, 0.15) is 0 Å². The maximum atomic E-state index is 10.1. The summed E-state index contributed by atoms with van der Waals surface area (Å²) >= 11 is 0. The third kappa shape index (κ3) is 2.67. The van der Waals surface area contributed by atoms with Crippen molar-refractivity contribution in [3.63, 3.8) is 0 Å². The standard InChI is InChI=1S/C5H5NO/c1-2-5(7)3-4-6/h2-3,6H,1H2. The molecule has 0 rings (SSSR count). The van der Waals surface area contributed by atoms with Crippen LogP contribution < -0.4 is 0 Å². The molecule has 0 saturated carbocycles. The Morgan fingerprint density at radius 2 is 2.43 bits per heavy atom. The Morgan fingerprint density at radius 3 is 2.57 bits per heavy atom. The second-order valence-corrected chi connectivity index (χ2v) is 0.895. The predicted molar refractivity (Wildman–Crippen MR) is 27.5 cm³/mol. The van der Waals surface area contributed by atoms with Crippen LogP contribution in [0.2, 0.25) is 0 Å². The molecule has 2 heteroatoms. The number of hydrogen-bond donors (Lipinski definition) is 1. The van der Waals surface area contributed by atoms with Crippen LogP contribution in [0.3, 0.4) is 0 Å². The van der Waals surface area contributed by atoms with Crippen LogP contribution in [0, 0.1) is 5.41 Å². The second kappa shape index (κ2) is 3.07. The molecule has 0 aromatic rings. The van der Waals surface area contributed by atoms with Gasteiger partial charge in [0.15, 0.2) is 5.78 Å². The first-order valence-corrected chi connectivity index (χ1v) is 1.73. The zero-order valence-electron chi connectivity index (χ0n) is 3.77. The zero-order valence-corrected chi connectivity index (χ0v) is 3.77. The fraction of sp³-hybridized carbons (Fsp3) is 0. The van der Waals surface area contributed by atoms with Crippen LogP contribution in [-0.2, 0) is 4.79 Å². The summed E-state index contributed by atoms with van der Waals surface area (Å²) in [6.07, 6.45) is 2.13. The highest BCUT2D eigenvalue weighted by Gasteiger charge is 1.79. The lowest BCUT2D eigenvalue weighted by molar-refractivity contribution is -0.110. The highest BCUT2D eigenvalue weighted by molar-refractivity contribution is 6.03. The van der Waals surface area contributed by atoms with Crippen molar-refractivity contribution in [1.82, 2.24) is 0 Å². The van der Waals surface area contributed by atoms with Gasteiger partial charge in [0.1, 0.15) is 0 Å². The molecule has 0 aliphatic heterocycles. The third-order valence-electron chi connectivity index (χ3n) is 0.416. The fourth-order valence-electron chi connectivity index (χ4n) is 0.130. The molecule has 0 amide bonds. The molecular weight excluding hydrogens is 90.1 g/mol. The van der Waals surface area contributed by atoms with Crippen molar-refractivity contribution in [2.75, 3.05) is 0 Å². The zero-order chi connectivity index (χ0) is 5.70. The van der Waals surface area contributed by atoms with Crippen LogP contribution in [0.5, 0.6) is 0 Å². The van der Waals surface area contributed by atoms with Gasteiger partial charge in [0.05, 0.1) is 0 Å². The van der Waals surface area contributed by atoms with E-state index >= 15 is 0 Å². The monoisotopic (exact) mass is 95.0 g/mol. The summed E-state index contributed by atoms with van der Waals surface area (Å²) in [6.45, 7) is 3.18. The van der Waals surface area contributed by atoms with Gasteiger partial charge >= 0.3 is 0 Å². The molecule has 0 aromatic carbocycles. The molecule has 1 N–H and O–H groups in total. The lowest BCUT2D eigenvalue weighted by atomic mass is 10.4. The van der Waals surface area contributed by atoms with Gasteiger partial charge in [-0.3, -0.25) is 10.2 Å². The number of ketones is 1. The van der Waals surface area contributed by atoms with E-state index in [0.717, 1.165) is 12.2 Å². The number of hydrogen-bond acceptors (Lipinski definition) is 2. The molecule has 36 valence electrons. The molecule has 0 radical (unpaired) electrons. The quantitative estimate of drug-likeness (QED) is 0.395. The largest absolute Gasteiger partial charge is 0.289 e. The number of allylic oxidation sites excluding steroid dienone is 2. The molecule has 0 aromatic heterocycles. The van der Waals surface area contributed by atoms with Crippen molar-refractivity contribution >= 4 is 11.7 Å². The Labute approximate surface area is 41.7 Å². The van der Waals surface area contributed by atoms with Crippen molar-refractivity contribution in [3.8, 4) is 0 Å². The summed E-state index contributed by atoms with van der Waals surface area (Å²) in [4.78, 5) is 10.1. The van der Waals surface area contributed by atoms with Gasteiger partial charge in [-0.1, -0.05) is 6.58 Å². The van der Waals surface area contributed by atoms with E-state index in [1.807, 2.05) is 5.87 Å². The normalized spacial score (nSPS) is 6.29. The van der Waals surface area contributed by atoms with Crippen LogP contribution in [-0.4, -0.2) is 11.7 Å². The minimum atomic E-state index is -0.282. The highest BCUT2D eigenvalue weighted by Crippen LogP contribution is 1.67. The molecule has 0 bridgehead atoms. The molecule has 0 fully saturated rings. The molecule has 7 heavy (non-hydrogen) atoms. The number of carbonyl (C=O) groups excluding carboxylic acids is 1. The summed E-state index contributed by atoms with van der Waals surface area (Å²) < 4.78 is 0. The molecule has 0 atom stereocenters. The molecule has 0 saturated heterocycles. The van der Waals surface area contributed by atoms with Gasteiger partial charge < -0.3 is 0 Å². The number of carbonyl (C=O) groups is 1. The average molecular weight is 95.1 g/mol. The molecule has 2 nitrogen and oxygen atoms in total. The summed E-state index contributed by atoms with van der Waals surface area (Å²) in [5.74, 6) is 1.54. The predicted octanol–water partition coefficient (Wildman–Crippen LogP) is 0.546. The van der Waals surface area contributed by atoms with Crippen molar-refractivity contribution in [2.24, 2.45) is 0 Å². The van der Waals surface area contributed by atoms with E-state index < -0.39 is 0 Å². The van der Waals surface area contributed by atoms with E-state index in [0.29, 0.717) is 0 Å². The molecule has 0 spiro atoms. The van der Waals surface area contributed by atoms with E-state index in [1.54, 1.807) is 0 Å². The van der Waals surface area contributed by atoms with Gasteiger partial charge in [0.25, 0.3) is 0 Å². The Morgan fingerprint density at radius 1 is 1.86 bits per heavy atom. The lowest BCUT2D eigenvalue weighted by Crippen LogP contribution is -1.80. The summed E-state index contributed by atoms with van der Waals surface area (Å²) in [5.41, 5.74) is 0. The topological polar surface area (TPSA) is 40.9 Å². The van der Waals surface area contributed by atoms with Crippen molar-refractivity contribution in [3.05, 3.63) is 18.7 Å². The number of rotatable bonds is 2. The lowest BCUT2D eigenvalue weighted by Gasteiger charge is -1.67. The van der Waals surface area contributed by atoms with Crippen LogP contribution in [0.15, 0.2) is 18.7 Å². The van der Waals surface area contributed by atoms with E-state index in [-0.39, 0.29) is 5.78 Å². The first kappa shape index (κ1) is 5.86. The third-order valence-corrected chi connectivity index (χ3v) is 0.416. The SMILES string of the molecule is C=CC(=O)C=C=N. The van der Waals surface area contributed by atoms with Gasteiger partial charge in [0, 0.05) is 6.08 Å². The minimum absolute atomic E-state index is 0.282. The van der Waals surface area contributed by atoms with E-state index in [9.17, 15) is 4.79 Å². The first-order chi connectivity index (χ1) is 3.31. The van der Waals surface area contributed by atoms with Gasteiger partial charge in [-0.15, -0.1) is 0 Å². The molecule has 0 aliphatic rings. The van der Waals surface area contributed by atoms with Gasteiger partial charge in [0.2, 0.25) is 0 Å². The van der Waals surface area contributed by atoms with Crippen molar-refractivity contribution < 1.29 is 4.79 Å². The summed E-state index contributed by atoms with van der Waals surface area (Å²) in [6, 6.07) is 0. The Balaban J connectivity index is 3.82. The molecule has 0 heterocycles. The van der Waals surface area contributed by atoms with Crippen LogP contribution >= 0.6 is 0 Å². The first-order valence-electron chi connectivity index (χ1n) is 1.73.